The Bertz CT molecular complexity index is 854. The summed E-state index contributed by atoms with van der Waals surface area (Å²) in [6.07, 6.45) is 1.63. The first-order valence-corrected chi connectivity index (χ1v) is 10.4. The van der Waals surface area contributed by atoms with Crippen molar-refractivity contribution < 1.29 is 19.1 Å². The van der Waals surface area contributed by atoms with E-state index in [0.717, 1.165) is 18.4 Å². The third-order valence-corrected chi connectivity index (χ3v) is 5.32. The maximum absolute atomic E-state index is 13.0. The molecular weight excluding hydrogens is 380 g/mol. The number of ether oxygens (including phenoxy) is 1. The number of nitrogens with zero attached hydrogens (tertiary/aromatic N) is 1. The van der Waals surface area contributed by atoms with E-state index >= 15 is 0 Å². The minimum absolute atomic E-state index is 0.0776. The Morgan fingerprint density at radius 1 is 1.07 bits per heavy atom. The first-order chi connectivity index (χ1) is 14.6. The van der Waals surface area contributed by atoms with Crippen LogP contribution in [0.5, 0.6) is 0 Å². The summed E-state index contributed by atoms with van der Waals surface area (Å²) in [6.45, 7) is 3.10. The van der Waals surface area contributed by atoms with Crippen molar-refractivity contribution in [2.45, 2.75) is 32.2 Å². The summed E-state index contributed by atoms with van der Waals surface area (Å²) in [5.41, 5.74) is 1.42. The third kappa shape index (κ3) is 5.69. The first kappa shape index (κ1) is 21.6. The predicted octanol–water partition coefficient (Wildman–Crippen LogP) is 3.35. The monoisotopic (exact) mass is 408 g/mol. The third-order valence-electron chi connectivity index (χ3n) is 5.32. The van der Waals surface area contributed by atoms with Crippen LogP contribution < -0.4 is 5.32 Å². The van der Waals surface area contributed by atoms with Crippen LogP contribution in [-0.2, 0) is 14.3 Å². The topological polar surface area (TPSA) is 75.7 Å². The normalized spacial score (nSPS) is 17.1. The van der Waals surface area contributed by atoms with Gasteiger partial charge in [-0.15, -0.1) is 0 Å². The zero-order chi connectivity index (χ0) is 21.3. The lowest BCUT2D eigenvalue weighted by Crippen LogP contribution is -2.44. The number of carbonyl (C=O) groups excluding carboxylic acids is 3. The van der Waals surface area contributed by atoms with Gasteiger partial charge in [-0.1, -0.05) is 48.5 Å². The van der Waals surface area contributed by atoms with E-state index in [1.165, 1.54) is 0 Å². The lowest BCUT2D eigenvalue weighted by molar-refractivity contribution is -0.151. The number of likely N-dealkylation sites (tertiary alicyclic amines) is 1. The van der Waals surface area contributed by atoms with Crippen LogP contribution in [0.15, 0.2) is 60.7 Å². The average Bonchev–Trinajstić information content (AvgIpc) is 2.80. The molecule has 0 saturated carbocycles. The van der Waals surface area contributed by atoms with E-state index in [1.54, 1.807) is 36.1 Å². The summed E-state index contributed by atoms with van der Waals surface area (Å²) in [7, 11) is 0. The van der Waals surface area contributed by atoms with Crippen LogP contribution in [0.25, 0.3) is 0 Å². The Morgan fingerprint density at radius 3 is 2.40 bits per heavy atom. The molecule has 158 valence electrons. The van der Waals surface area contributed by atoms with Gasteiger partial charge in [0.1, 0.15) is 0 Å². The van der Waals surface area contributed by atoms with Crippen molar-refractivity contribution in [1.29, 1.82) is 0 Å². The lowest BCUT2D eigenvalue weighted by Gasteiger charge is -2.32. The molecule has 6 heteroatoms. The maximum atomic E-state index is 13.0. The Balaban J connectivity index is 1.70. The molecule has 2 aromatic rings. The van der Waals surface area contributed by atoms with Gasteiger partial charge in [0.15, 0.2) is 0 Å². The molecule has 1 aliphatic heterocycles. The molecule has 0 aliphatic carbocycles. The van der Waals surface area contributed by atoms with Crippen molar-refractivity contribution in [2.24, 2.45) is 5.92 Å². The molecular formula is C24H28N2O4. The number of piperidine rings is 1. The molecule has 2 aromatic carbocycles. The van der Waals surface area contributed by atoms with E-state index in [4.69, 9.17) is 4.74 Å². The highest BCUT2D eigenvalue weighted by Crippen LogP contribution is 2.23. The molecule has 2 amide bonds. The fraction of sp³-hybridized carbons (Fsp3) is 0.375. The fourth-order valence-electron chi connectivity index (χ4n) is 3.73. The van der Waals surface area contributed by atoms with Gasteiger partial charge in [0.25, 0.3) is 5.91 Å². The van der Waals surface area contributed by atoms with Gasteiger partial charge in [-0.05, 0) is 37.5 Å². The summed E-state index contributed by atoms with van der Waals surface area (Å²) in [4.78, 5) is 39.6. The Hall–Kier alpha value is -3.15. The average molecular weight is 408 g/mol. The summed E-state index contributed by atoms with van der Waals surface area (Å²) in [6, 6.07) is 18.0. The van der Waals surface area contributed by atoms with Gasteiger partial charge in [0.05, 0.1) is 25.0 Å². The minimum atomic E-state index is -0.450. The summed E-state index contributed by atoms with van der Waals surface area (Å²) in [5, 5.41) is 3.00. The number of esters is 1. The van der Waals surface area contributed by atoms with Crippen LogP contribution in [0.2, 0.25) is 0 Å². The summed E-state index contributed by atoms with van der Waals surface area (Å²) in [5.74, 6) is -0.824. The van der Waals surface area contributed by atoms with Gasteiger partial charge in [0.2, 0.25) is 5.91 Å². The number of carbonyl (C=O) groups is 3. The summed E-state index contributed by atoms with van der Waals surface area (Å²) < 4.78 is 5.13. The second-order valence-electron chi connectivity index (χ2n) is 7.44. The molecule has 0 bridgehead atoms. The highest BCUT2D eigenvalue weighted by Gasteiger charge is 2.30. The van der Waals surface area contributed by atoms with Gasteiger partial charge >= 0.3 is 5.97 Å². The van der Waals surface area contributed by atoms with Crippen molar-refractivity contribution in [3.63, 3.8) is 0 Å². The van der Waals surface area contributed by atoms with E-state index in [-0.39, 0.29) is 30.1 Å². The quantitative estimate of drug-likeness (QED) is 0.713. The molecule has 6 nitrogen and oxygen atoms in total. The number of benzene rings is 2. The van der Waals surface area contributed by atoms with Crippen molar-refractivity contribution in [3.05, 3.63) is 71.8 Å². The number of nitrogens with one attached hydrogen (secondary N) is 1. The van der Waals surface area contributed by atoms with Crippen LogP contribution in [0.4, 0.5) is 0 Å². The number of hydrogen-bond donors (Lipinski definition) is 1. The molecule has 1 fully saturated rings. The minimum Gasteiger partial charge on any atom is -0.466 e. The molecule has 0 spiro atoms. The molecule has 0 radical (unpaired) electrons. The van der Waals surface area contributed by atoms with Crippen molar-refractivity contribution >= 4 is 17.8 Å². The number of hydrogen-bond acceptors (Lipinski definition) is 4. The van der Waals surface area contributed by atoms with Crippen molar-refractivity contribution in [2.75, 3.05) is 19.7 Å². The number of rotatable bonds is 7. The van der Waals surface area contributed by atoms with Gasteiger partial charge < -0.3 is 15.0 Å². The van der Waals surface area contributed by atoms with E-state index in [9.17, 15) is 14.4 Å². The maximum Gasteiger partial charge on any atom is 0.310 e. The Labute approximate surface area is 177 Å². The summed E-state index contributed by atoms with van der Waals surface area (Å²) >= 11 is 0. The second kappa shape index (κ2) is 10.6. The Kier molecular flexibility index (Phi) is 7.60. The van der Waals surface area contributed by atoms with Crippen LogP contribution in [0.3, 0.4) is 0 Å². The lowest BCUT2D eigenvalue weighted by atomic mass is 9.96. The molecule has 1 aliphatic rings. The van der Waals surface area contributed by atoms with Gasteiger partial charge in [0, 0.05) is 18.7 Å². The van der Waals surface area contributed by atoms with Crippen LogP contribution in [-0.4, -0.2) is 42.4 Å². The predicted molar refractivity (Wildman–Crippen MR) is 114 cm³/mol. The Morgan fingerprint density at radius 2 is 1.73 bits per heavy atom. The standard InChI is InChI=1S/C24H28N2O4/c1-2-30-24(29)20-14-9-15-26(17-20)22(27)16-21(18-10-5-3-6-11-18)25-23(28)19-12-7-4-8-13-19/h3-8,10-13,20-21H,2,9,14-17H2,1H3,(H,25,28). The largest absolute Gasteiger partial charge is 0.466 e. The van der Waals surface area contributed by atoms with Crippen molar-refractivity contribution in [1.82, 2.24) is 10.2 Å². The highest BCUT2D eigenvalue weighted by atomic mass is 16.5. The SMILES string of the molecule is CCOC(=O)C1CCCN(C(=O)CC(NC(=O)c2ccccc2)c2ccccc2)C1. The second-order valence-corrected chi connectivity index (χ2v) is 7.44. The molecule has 1 saturated heterocycles. The molecule has 1 heterocycles. The van der Waals surface area contributed by atoms with E-state index < -0.39 is 6.04 Å². The highest BCUT2D eigenvalue weighted by molar-refractivity contribution is 5.94. The van der Waals surface area contributed by atoms with Crippen molar-refractivity contribution in [3.8, 4) is 0 Å². The van der Waals surface area contributed by atoms with E-state index in [0.29, 0.717) is 25.3 Å². The number of amides is 2. The van der Waals surface area contributed by atoms with Crippen LogP contribution in [0, 0.1) is 5.92 Å². The van der Waals surface area contributed by atoms with E-state index in [2.05, 4.69) is 5.32 Å². The molecule has 30 heavy (non-hydrogen) atoms. The first-order valence-electron chi connectivity index (χ1n) is 10.4. The van der Waals surface area contributed by atoms with Crippen LogP contribution >= 0.6 is 0 Å². The molecule has 3 rings (SSSR count). The smallest absolute Gasteiger partial charge is 0.310 e. The van der Waals surface area contributed by atoms with Gasteiger partial charge in [-0.3, -0.25) is 14.4 Å². The van der Waals surface area contributed by atoms with Gasteiger partial charge in [-0.2, -0.15) is 0 Å². The molecule has 1 N–H and O–H groups in total. The molecule has 2 atom stereocenters. The molecule has 0 aromatic heterocycles. The molecule has 2 unspecified atom stereocenters. The fourth-order valence-corrected chi connectivity index (χ4v) is 3.73. The zero-order valence-electron chi connectivity index (χ0n) is 17.3. The van der Waals surface area contributed by atoms with Gasteiger partial charge in [-0.25, -0.2) is 0 Å². The zero-order valence-corrected chi connectivity index (χ0v) is 17.3. The van der Waals surface area contributed by atoms with E-state index in [1.807, 2.05) is 36.4 Å². The van der Waals surface area contributed by atoms with Crippen LogP contribution in [0.1, 0.15) is 48.1 Å².